The molecule has 0 unspecified atom stereocenters. The Bertz CT molecular complexity index is 1670. The average Bonchev–Trinajstić information content (AvgIpc) is 2.93. The van der Waals surface area contributed by atoms with E-state index in [-0.39, 0.29) is 35.8 Å². The number of rotatable bonds is 3. The van der Waals surface area contributed by atoms with Crippen LogP contribution in [-0.4, -0.2) is 40.7 Å². The van der Waals surface area contributed by atoms with E-state index in [4.69, 9.17) is 17.2 Å². The second-order valence-electron chi connectivity index (χ2n) is 10.8. The van der Waals surface area contributed by atoms with Crippen molar-refractivity contribution in [3.8, 4) is 0 Å². The van der Waals surface area contributed by atoms with Gasteiger partial charge in [-0.25, -0.2) is 4.90 Å². The van der Waals surface area contributed by atoms with Crippen LogP contribution in [-0.2, 0) is 0 Å². The number of guanidine groups is 6. The number of nitrogens with two attached hydrogens (primary N) is 3. The van der Waals surface area contributed by atoms with Gasteiger partial charge in [-0.05, 0) is 111 Å². The standard InChI is InChI=1S/C30H33N13/c1-13-7-19(31)22(10-16(13)4)34-25-37-28-39-26(35-23-11-17(5)14(2)8-20(23)32)41-30-42-27(40-29(38-25)43(28)30)36-24-12-18(6)15(3)9-21(24)33/h7-12H,31-33H2,1-6H3,(H3,34,35,36,37,38,39,40,41,42). The molecule has 13 heteroatoms. The molecule has 0 saturated heterocycles. The van der Waals surface area contributed by atoms with E-state index >= 15 is 0 Å². The predicted molar refractivity (Wildman–Crippen MR) is 178 cm³/mol. The Balaban J connectivity index is 1.42. The molecule has 0 bridgehead atoms. The van der Waals surface area contributed by atoms with Gasteiger partial charge in [0, 0.05) is 0 Å². The molecular weight excluding hydrogens is 542 g/mol. The van der Waals surface area contributed by atoms with Gasteiger partial charge in [0.05, 0.1) is 34.1 Å². The smallest absolute Gasteiger partial charge is 0.246 e. The molecule has 0 spiro atoms. The first kappa shape index (κ1) is 27.4. The average molecular weight is 576 g/mol. The number of nitrogen functional groups attached to an aromatic ring is 3. The van der Waals surface area contributed by atoms with Gasteiger partial charge in [-0.15, -0.1) is 0 Å². The van der Waals surface area contributed by atoms with Crippen LogP contribution in [0.15, 0.2) is 66.4 Å². The van der Waals surface area contributed by atoms with Crippen LogP contribution in [0.1, 0.15) is 33.4 Å². The lowest BCUT2D eigenvalue weighted by Crippen LogP contribution is -2.49. The van der Waals surface area contributed by atoms with Crippen molar-refractivity contribution < 1.29 is 0 Å². The number of hydrogen-bond donors (Lipinski definition) is 6. The van der Waals surface area contributed by atoms with Gasteiger partial charge in [0.15, 0.2) is 0 Å². The van der Waals surface area contributed by atoms with Crippen molar-refractivity contribution in [1.29, 1.82) is 0 Å². The van der Waals surface area contributed by atoms with E-state index in [9.17, 15) is 0 Å². The van der Waals surface area contributed by atoms with Crippen molar-refractivity contribution in [1.82, 2.24) is 4.90 Å². The van der Waals surface area contributed by atoms with Crippen molar-refractivity contribution in [3.05, 3.63) is 69.8 Å². The maximum absolute atomic E-state index is 6.31. The normalized spacial score (nSPS) is 15.3. The van der Waals surface area contributed by atoms with Gasteiger partial charge in [-0.3, -0.25) is 0 Å². The Kier molecular flexibility index (Phi) is 6.56. The zero-order valence-electron chi connectivity index (χ0n) is 24.8. The van der Waals surface area contributed by atoms with Gasteiger partial charge in [0.1, 0.15) is 0 Å². The van der Waals surface area contributed by atoms with Gasteiger partial charge in [-0.1, -0.05) is 0 Å². The van der Waals surface area contributed by atoms with Crippen LogP contribution in [0.3, 0.4) is 0 Å². The molecule has 3 aromatic rings. The van der Waals surface area contributed by atoms with Crippen molar-refractivity contribution in [3.63, 3.8) is 0 Å². The third kappa shape index (κ3) is 5.23. The Hall–Kier alpha value is -5.72. The van der Waals surface area contributed by atoms with E-state index < -0.39 is 0 Å². The highest BCUT2D eigenvalue weighted by Gasteiger charge is 2.35. The number of anilines is 6. The van der Waals surface area contributed by atoms with E-state index in [1.807, 2.05) is 77.9 Å². The quantitative estimate of drug-likeness (QED) is 0.249. The fraction of sp³-hybridized carbons (Fsp3) is 0.200. The third-order valence-electron chi connectivity index (χ3n) is 7.57. The number of aliphatic imine (C=N–C) groups is 6. The Morgan fingerprint density at radius 3 is 0.953 bits per heavy atom. The molecule has 0 radical (unpaired) electrons. The second kappa shape index (κ2) is 10.3. The Morgan fingerprint density at radius 1 is 0.419 bits per heavy atom. The summed E-state index contributed by atoms with van der Waals surface area (Å²) < 4.78 is 0. The van der Waals surface area contributed by atoms with Gasteiger partial charge >= 0.3 is 0 Å². The van der Waals surface area contributed by atoms with E-state index in [0.29, 0.717) is 34.1 Å². The van der Waals surface area contributed by atoms with E-state index in [1.165, 1.54) is 0 Å². The molecule has 3 aliphatic rings. The molecular formula is C30H33N13. The zero-order chi connectivity index (χ0) is 30.6. The van der Waals surface area contributed by atoms with Gasteiger partial charge in [-0.2, -0.15) is 30.0 Å². The summed E-state index contributed by atoms with van der Waals surface area (Å²) in [4.78, 5) is 29.5. The van der Waals surface area contributed by atoms with Crippen LogP contribution in [0.25, 0.3) is 0 Å². The summed E-state index contributed by atoms with van der Waals surface area (Å²) in [6, 6.07) is 11.6. The predicted octanol–water partition coefficient (Wildman–Crippen LogP) is 4.40. The zero-order valence-corrected chi connectivity index (χ0v) is 24.8. The third-order valence-corrected chi connectivity index (χ3v) is 7.57. The molecule has 0 atom stereocenters. The highest BCUT2D eigenvalue weighted by Crippen LogP contribution is 2.28. The Labute approximate surface area is 249 Å². The fourth-order valence-electron chi connectivity index (χ4n) is 4.66. The highest BCUT2D eigenvalue weighted by molar-refractivity contribution is 6.32. The summed E-state index contributed by atoms with van der Waals surface area (Å²) in [6.07, 6.45) is 0. The Morgan fingerprint density at radius 2 is 0.674 bits per heavy atom. The van der Waals surface area contributed by atoms with Crippen molar-refractivity contribution in [2.24, 2.45) is 30.0 Å². The molecule has 3 aromatic carbocycles. The molecule has 3 aliphatic heterocycles. The second-order valence-corrected chi connectivity index (χ2v) is 10.8. The fourth-order valence-corrected chi connectivity index (χ4v) is 4.66. The molecule has 6 rings (SSSR count). The summed E-state index contributed by atoms with van der Waals surface area (Å²) in [7, 11) is 0. The minimum Gasteiger partial charge on any atom is -0.397 e. The first-order chi connectivity index (χ1) is 20.4. The summed E-state index contributed by atoms with van der Waals surface area (Å²) in [5, 5.41) is 9.68. The lowest BCUT2D eigenvalue weighted by atomic mass is 10.1. The number of hydrogen-bond acceptors (Lipinski definition) is 13. The minimum absolute atomic E-state index is 0.252. The summed E-state index contributed by atoms with van der Waals surface area (Å²) >= 11 is 0. The van der Waals surface area contributed by atoms with Gasteiger partial charge in [0.2, 0.25) is 35.8 Å². The minimum atomic E-state index is 0.252. The van der Waals surface area contributed by atoms with Gasteiger partial charge in [0.25, 0.3) is 0 Å². The van der Waals surface area contributed by atoms with Crippen LogP contribution in [0.2, 0.25) is 0 Å². The molecule has 0 aliphatic carbocycles. The first-order valence-corrected chi connectivity index (χ1v) is 13.7. The molecule has 13 nitrogen and oxygen atoms in total. The van der Waals surface area contributed by atoms with Crippen molar-refractivity contribution in [2.75, 3.05) is 33.2 Å². The van der Waals surface area contributed by atoms with Crippen LogP contribution in [0, 0.1) is 41.5 Å². The topological polar surface area (TPSA) is 192 Å². The molecule has 0 amide bonds. The summed E-state index contributed by atoms with van der Waals surface area (Å²) in [5.74, 6) is 1.55. The molecule has 0 saturated carbocycles. The lowest BCUT2D eigenvalue weighted by Gasteiger charge is -2.30. The molecule has 218 valence electrons. The summed E-state index contributed by atoms with van der Waals surface area (Å²) in [5.41, 5.74) is 29.1. The van der Waals surface area contributed by atoms with E-state index in [0.717, 1.165) is 33.4 Å². The molecule has 3 heterocycles. The van der Waals surface area contributed by atoms with Crippen LogP contribution in [0.5, 0.6) is 0 Å². The van der Waals surface area contributed by atoms with Gasteiger partial charge < -0.3 is 33.2 Å². The maximum Gasteiger partial charge on any atom is 0.246 e. The van der Waals surface area contributed by atoms with Crippen LogP contribution < -0.4 is 33.2 Å². The van der Waals surface area contributed by atoms with Crippen LogP contribution >= 0.6 is 0 Å². The lowest BCUT2D eigenvalue weighted by molar-refractivity contribution is 0.826. The highest BCUT2D eigenvalue weighted by atomic mass is 15.5. The number of nitrogens with zero attached hydrogens (tertiary/aromatic N) is 7. The monoisotopic (exact) mass is 575 g/mol. The molecule has 0 fully saturated rings. The SMILES string of the molecule is Cc1cc(N)c(NC2=NC3=NC(Nc4cc(C)c(C)cc4N)=NC4=NC(Nc5cc(C)c(C)cc5N)=NC(=N2)N34)cc1C. The van der Waals surface area contributed by atoms with Crippen molar-refractivity contribution in [2.45, 2.75) is 41.5 Å². The molecule has 9 N–H and O–H groups in total. The number of nitrogens with one attached hydrogen (secondary N) is 3. The molecule has 0 aromatic heterocycles. The molecule has 43 heavy (non-hydrogen) atoms. The largest absolute Gasteiger partial charge is 0.397 e. The van der Waals surface area contributed by atoms with Crippen LogP contribution in [0.4, 0.5) is 34.1 Å². The number of benzene rings is 3. The van der Waals surface area contributed by atoms with Crippen molar-refractivity contribution >= 4 is 69.9 Å². The van der Waals surface area contributed by atoms with E-state index in [1.54, 1.807) is 4.90 Å². The first-order valence-electron chi connectivity index (χ1n) is 13.7. The van der Waals surface area contributed by atoms with E-state index in [2.05, 4.69) is 45.9 Å². The number of aryl methyl sites for hydroxylation is 6. The summed E-state index contributed by atoms with van der Waals surface area (Å²) in [6.45, 7) is 12.1. The maximum atomic E-state index is 6.31.